The van der Waals surface area contributed by atoms with E-state index in [1.54, 1.807) is 0 Å². The van der Waals surface area contributed by atoms with Crippen LogP contribution in [0.3, 0.4) is 0 Å². The number of hydrogen-bond acceptors (Lipinski definition) is 1. The smallest absolute Gasteiger partial charge is 0.222 e. The molecule has 21 heavy (non-hydrogen) atoms. The van der Waals surface area contributed by atoms with Crippen molar-refractivity contribution >= 4 is 5.91 Å². The largest absolute Gasteiger partial charge is 0.339 e. The van der Waals surface area contributed by atoms with Crippen LogP contribution in [0, 0.1) is 0 Å². The van der Waals surface area contributed by atoms with E-state index in [0.29, 0.717) is 11.9 Å². The molecule has 1 rings (SSSR count). The van der Waals surface area contributed by atoms with Crippen LogP contribution >= 0.6 is 0 Å². The van der Waals surface area contributed by atoms with Gasteiger partial charge in [0.25, 0.3) is 0 Å². The van der Waals surface area contributed by atoms with Crippen molar-refractivity contribution in [2.75, 3.05) is 6.54 Å². The maximum absolute atomic E-state index is 12.5. The first-order valence-electron chi connectivity index (χ1n) is 8.85. The Morgan fingerprint density at radius 1 is 1.14 bits per heavy atom. The van der Waals surface area contributed by atoms with Crippen molar-refractivity contribution < 1.29 is 4.79 Å². The van der Waals surface area contributed by atoms with Gasteiger partial charge in [0.1, 0.15) is 0 Å². The number of unbranched alkanes of at least 4 members (excludes halogenated alkanes) is 2. The van der Waals surface area contributed by atoms with Crippen molar-refractivity contribution in [2.45, 2.75) is 84.1 Å². The van der Waals surface area contributed by atoms with E-state index in [4.69, 9.17) is 0 Å². The summed E-state index contributed by atoms with van der Waals surface area (Å²) in [6, 6.07) is 0.517. The first kappa shape index (κ1) is 18.0. The number of carbonyl (C=O) groups excluding carboxylic acids is 1. The van der Waals surface area contributed by atoms with Gasteiger partial charge in [-0.2, -0.15) is 0 Å². The Kier molecular flexibility index (Phi) is 9.94. The Balaban J connectivity index is 2.40. The molecule has 0 atom stereocenters. The van der Waals surface area contributed by atoms with Gasteiger partial charge < -0.3 is 4.90 Å². The third kappa shape index (κ3) is 7.50. The minimum absolute atomic E-state index is 0.386. The summed E-state index contributed by atoms with van der Waals surface area (Å²) in [6.45, 7) is 5.14. The number of carbonyl (C=O) groups is 1. The highest BCUT2D eigenvalue weighted by Gasteiger charge is 2.25. The topological polar surface area (TPSA) is 20.3 Å². The van der Waals surface area contributed by atoms with Gasteiger partial charge in [-0.3, -0.25) is 4.79 Å². The number of hydrogen-bond donors (Lipinski definition) is 0. The molecule has 0 spiro atoms. The van der Waals surface area contributed by atoms with E-state index in [1.807, 2.05) is 6.92 Å². The molecule has 1 amide bonds. The predicted molar refractivity (Wildman–Crippen MR) is 91.3 cm³/mol. The molecular weight excluding hydrogens is 258 g/mol. The van der Waals surface area contributed by atoms with E-state index in [0.717, 1.165) is 32.2 Å². The molecule has 0 aromatic heterocycles. The number of allylic oxidation sites excluding steroid dienone is 3. The van der Waals surface area contributed by atoms with Crippen molar-refractivity contribution in [3.8, 4) is 0 Å². The summed E-state index contributed by atoms with van der Waals surface area (Å²) in [7, 11) is 0. The standard InChI is InChI=1S/C19H33NO/c1-3-5-7-8-9-13-17-20(18-14-11-12-15-18)19(21)16-10-6-4-2/h3,5,8-9,18H,4,6-7,10-17H2,1-2H3/b5-3-,9-8-. The zero-order valence-electron chi connectivity index (χ0n) is 14.0. The van der Waals surface area contributed by atoms with Crippen molar-refractivity contribution in [3.63, 3.8) is 0 Å². The zero-order valence-corrected chi connectivity index (χ0v) is 14.0. The molecule has 0 saturated heterocycles. The lowest BCUT2D eigenvalue weighted by molar-refractivity contribution is -0.133. The third-order valence-electron chi connectivity index (χ3n) is 4.29. The van der Waals surface area contributed by atoms with Crippen molar-refractivity contribution in [1.29, 1.82) is 0 Å². The molecule has 0 radical (unpaired) electrons. The maximum atomic E-state index is 12.5. The quantitative estimate of drug-likeness (QED) is 0.397. The van der Waals surface area contributed by atoms with Crippen molar-refractivity contribution in [1.82, 2.24) is 4.90 Å². The maximum Gasteiger partial charge on any atom is 0.222 e. The summed E-state index contributed by atoms with van der Waals surface area (Å²) in [4.78, 5) is 14.6. The van der Waals surface area contributed by atoms with Gasteiger partial charge >= 0.3 is 0 Å². The van der Waals surface area contributed by atoms with Crippen molar-refractivity contribution in [3.05, 3.63) is 24.3 Å². The minimum atomic E-state index is 0.386. The average Bonchev–Trinajstić information content (AvgIpc) is 3.00. The first-order chi connectivity index (χ1) is 10.3. The number of rotatable bonds is 10. The number of amides is 1. The summed E-state index contributed by atoms with van der Waals surface area (Å²) in [5, 5.41) is 0. The summed E-state index contributed by atoms with van der Waals surface area (Å²) < 4.78 is 0. The van der Waals surface area contributed by atoms with E-state index in [2.05, 4.69) is 36.1 Å². The molecule has 2 nitrogen and oxygen atoms in total. The van der Waals surface area contributed by atoms with Gasteiger partial charge in [-0.05, 0) is 39.0 Å². The molecule has 1 aliphatic rings. The molecular formula is C19H33NO. The monoisotopic (exact) mass is 291 g/mol. The Hall–Kier alpha value is -1.05. The lowest BCUT2D eigenvalue weighted by atomic mass is 10.1. The van der Waals surface area contributed by atoms with Crippen molar-refractivity contribution in [2.24, 2.45) is 0 Å². The molecule has 0 N–H and O–H groups in total. The molecule has 0 heterocycles. The highest BCUT2D eigenvalue weighted by atomic mass is 16.2. The molecule has 0 aliphatic heterocycles. The fraction of sp³-hybridized carbons (Fsp3) is 0.737. The van der Waals surface area contributed by atoms with Gasteiger partial charge in [0.05, 0.1) is 0 Å². The fourth-order valence-corrected chi connectivity index (χ4v) is 3.04. The van der Waals surface area contributed by atoms with E-state index >= 15 is 0 Å². The third-order valence-corrected chi connectivity index (χ3v) is 4.29. The van der Waals surface area contributed by atoms with Crippen LogP contribution in [0.5, 0.6) is 0 Å². The Labute approximate surface area is 131 Å². The van der Waals surface area contributed by atoms with Crippen LogP contribution in [-0.4, -0.2) is 23.4 Å². The summed E-state index contributed by atoms with van der Waals surface area (Å²) in [5.74, 6) is 0.386. The van der Waals surface area contributed by atoms with Crippen LogP contribution in [0.4, 0.5) is 0 Å². The Morgan fingerprint density at radius 3 is 2.57 bits per heavy atom. The Bertz CT molecular complexity index is 326. The van der Waals surface area contributed by atoms with Gasteiger partial charge in [-0.25, -0.2) is 0 Å². The second kappa shape index (κ2) is 11.6. The van der Waals surface area contributed by atoms with Crippen LogP contribution in [0.15, 0.2) is 24.3 Å². The van der Waals surface area contributed by atoms with Crippen LogP contribution in [0.1, 0.15) is 78.1 Å². The van der Waals surface area contributed by atoms with Crippen LogP contribution in [-0.2, 0) is 4.79 Å². The molecule has 1 fully saturated rings. The second-order valence-corrected chi connectivity index (χ2v) is 6.05. The highest BCUT2D eigenvalue weighted by Crippen LogP contribution is 2.24. The molecule has 0 aromatic carbocycles. The predicted octanol–water partition coefficient (Wildman–Crippen LogP) is 5.25. The van der Waals surface area contributed by atoms with Gasteiger partial charge in [-0.1, -0.05) is 56.9 Å². The molecule has 120 valence electrons. The summed E-state index contributed by atoms with van der Waals surface area (Å²) in [6.07, 6.45) is 19.8. The fourth-order valence-electron chi connectivity index (χ4n) is 3.04. The molecule has 2 heteroatoms. The molecule has 1 aliphatic carbocycles. The van der Waals surface area contributed by atoms with Crippen LogP contribution in [0.2, 0.25) is 0 Å². The van der Waals surface area contributed by atoms with Gasteiger partial charge in [-0.15, -0.1) is 0 Å². The minimum Gasteiger partial charge on any atom is -0.339 e. The lowest BCUT2D eigenvalue weighted by Gasteiger charge is -2.29. The van der Waals surface area contributed by atoms with E-state index in [-0.39, 0.29) is 0 Å². The van der Waals surface area contributed by atoms with Crippen LogP contribution in [0.25, 0.3) is 0 Å². The molecule has 0 aromatic rings. The SMILES string of the molecule is C/C=C\C/C=C\CCN(C(=O)CCCCC)C1CCCC1. The number of nitrogens with zero attached hydrogens (tertiary/aromatic N) is 1. The second-order valence-electron chi connectivity index (χ2n) is 6.05. The zero-order chi connectivity index (χ0) is 15.3. The van der Waals surface area contributed by atoms with E-state index in [9.17, 15) is 4.79 Å². The summed E-state index contributed by atoms with van der Waals surface area (Å²) in [5.41, 5.74) is 0. The van der Waals surface area contributed by atoms with E-state index in [1.165, 1.54) is 38.5 Å². The lowest BCUT2D eigenvalue weighted by Crippen LogP contribution is -2.39. The molecule has 0 unspecified atom stereocenters. The van der Waals surface area contributed by atoms with E-state index < -0.39 is 0 Å². The normalized spacial score (nSPS) is 16.3. The highest BCUT2D eigenvalue weighted by molar-refractivity contribution is 5.76. The first-order valence-corrected chi connectivity index (χ1v) is 8.85. The average molecular weight is 291 g/mol. The van der Waals surface area contributed by atoms with Gasteiger partial charge in [0.2, 0.25) is 5.91 Å². The Morgan fingerprint density at radius 2 is 1.90 bits per heavy atom. The van der Waals surface area contributed by atoms with Crippen LogP contribution < -0.4 is 0 Å². The molecule has 0 bridgehead atoms. The van der Waals surface area contributed by atoms with Gasteiger partial charge in [0.15, 0.2) is 0 Å². The summed E-state index contributed by atoms with van der Waals surface area (Å²) >= 11 is 0. The van der Waals surface area contributed by atoms with Gasteiger partial charge in [0, 0.05) is 19.0 Å². The molecule has 1 saturated carbocycles.